The third-order valence-electron chi connectivity index (χ3n) is 3.98. The molecule has 1 aromatic rings. The average Bonchev–Trinajstić information content (AvgIpc) is 2.30. The van der Waals surface area contributed by atoms with Crippen LogP contribution in [0.1, 0.15) is 50.6 Å². The first-order valence-electron chi connectivity index (χ1n) is 6.13. The molecule has 0 spiro atoms. The van der Waals surface area contributed by atoms with Gasteiger partial charge in [-0.1, -0.05) is 49.9 Å². The normalized spacial score (nSPS) is 21.7. The predicted octanol–water partition coefficient (Wildman–Crippen LogP) is 4.31. The fourth-order valence-electron chi connectivity index (χ4n) is 2.74. The standard InChI is InChI=1S/C14H20ClN/c1-14(9-3-2-4-10-14)13(16)11-5-7-12(15)8-6-11/h5-8,13H,2-4,9-10,16H2,1H3. The quantitative estimate of drug-likeness (QED) is 0.815. The van der Waals surface area contributed by atoms with Gasteiger partial charge in [-0.2, -0.15) is 0 Å². The Morgan fingerprint density at radius 1 is 1.12 bits per heavy atom. The number of nitrogens with two attached hydrogens (primary N) is 1. The summed E-state index contributed by atoms with van der Waals surface area (Å²) in [6, 6.07) is 8.14. The minimum Gasteiger partial charge on any atom is -0.323 e. The monoisotopic (exact) mass is 237 g/mol. The first-order chi connectivity index (χ1) is 7.62. The van der Waals surface area contributed by atoms with Crippen LogP contribution < -0.4 is 5.73 Å². The molecule has 0 bridgehead atoms. The number of hydrogen-bond donors (Lipinski definition) is 1. The van der Waals surface area contributed by atoms with Gasteiger partial charge in [0.1, 0.15) is 0 Å². The van der Waals surface area contributed by atoms with E-state index < -0.39 is 0 Å². The van der Waals surface area contributed by atoms with Crippen LogP contribution >= 0.6 is 11.6 Å². The zero-order chi connectivity index (χ0) is 11.6. The van der Waals surface area contributed by atoms with E-state index in [0.717, 1.165) is 5.02 Å². The highest BCUT2D eigenvalue weighted by molar-refractivity contribution is 6.30. The van der Waals surface area contributed by atoms with Crippen molar-refractivity contribution < 1.29 is 0 Å². The number of benzene rings is 1. The van der Waals surface area contributed by atoms with Crippen molar-refractivity contribution in [3.8, 4) is 0 Å². The van der Waals surface area contributed by atoms with Crippen LogP contribution in [0.2, 0.25) is 5.02 Å². The first kappa shape index (κ1) is 11.9. The lowest BCUT2D eigenvalue weighted by molar-refractivity contribution is 0.170. The van der Waals surface area contributed by atoms with Gasteiger partial charge in [0.15, 0.2) is 0 Å². The van der Waals surface area contributed by atoms with E-state index in [2.05, 4.69) is 19.1 Å². The summed E-state index contributed by atoms with van der Waals surface area (Å²) in [7, 11) is 0. The molecule has 1 unspecified atom stereocenters. The van der Waals surface area contributed by atoms with Crippen molar-refractivity contribution in [1.29, 1.82) is 0 Å². The molecular weight excluding hydrogens is 218 g/mol. The van der Waals surface area contributed by atoms with E-state index in [4.69, 9.17) is 17.3 Å². The molecule has 0 aromatic heterocycles. The lowest BCUT2D eigenvalue weighted by atomic mass is 9.69. The topological polar surface area (TPSA) is 26.0 Å². The van der Waals surface area contributed by atoms with E-state index in [1.165, 1.54) is 37.7 Å². The molecule has 0 aliphatic heterocycles. The van der Waals surface area contributed by atoms with Gasteiger partial charge in [-0.25, -0.2) is 0 Å². The summed E-state index contributed by atoms with van der Waals surface area (Å²) < 4.78 is 0. The molecule has 1 fully saturated rings. The molecule has 2 rings (SSSR count). The van der Waals surface area contributed by atoms with E-state index >= 15 is 0 Å². The maximum atomic E-state index is 6.41. The van der Waals surface area contributed by atoms with E-state index in [0.29, 0.717) is 0 Å². The molecule has 0 amide bonds. The minimum absolute atomic E-state index is 0.144. The molecule has 1 aliphatic carbocycles. The lowest BCUT2D eigenvalue weighted by Gasteiger charge is -2.39. The molecule has 1 nitrogen and oxygen atoms in total. The Bertz CT molecular complexity index is 338. The molecule has 16 heavy (non-hydrogen) atoms. The number of halogens is 1. The fraction of sp³-hybridized carbons (Fsp3) is 0.571. The summed E-state index contributed by atoms with van der Waals surface area (Å²) in [4.78, 5) is 0. The zero-order valence-electron chi connectivity index (χ0n) is 9.88. The second-order valence-corrected chi connectivity index (χ2v) is 5.68. The van der Waals surface area contributed by atoms with Crippen molar-refractivity contribution in [3.05, 3.63) is 34.9 Å². The van der Waals surface area contributed by atoms with Gasteiger partial charge < -0.3 is 5.73 Å². The fourth-order valence-corrected chi connectivity index (χ4v) is 2.87. The highest BCUT2D eigenvalue weighted by atomic mass is 35.5. The van der Waals surface area contributed by atoms with Crippen LogP contribution in [0.3, 0.4) is 0 Å². The predicted molar refractivity (Wildman–Crippen MR) is 69.6 cm³/mol. The molecular formula is C14H20ClN. The van der Waals surface area contributed by atoms with Gasteiger partial charge in [0, 0.05) is 11.1 Å². The van der Waals surface area contributed by atoms with E-state index in [-0.39, 0.29) is 11.5 Å². The molecule has 88 valence electrons. The Morgan fingerprint density at radius 3 is 2.25 bits per heavy atom. The molecule has 2 heteroatoms. The van der Waals surface area contributed by atoms with Gasteiger partial charge in [-0.3, -0.25) is 0 Å². The van der Waals surface area contributed by atoms with E-state index in [1.807, 2.05) is 12.1 Å². The smallest absolute Gasteiger partial charge is 0.0406 e. The van der Waals surface area contributed by atoms with Crippen LogP contribution in [0.4, 0.5) is 0 Å². The third-order valence-corrected chi connectivity index (χ3v) is 4.23. The van der Waals surface area contributed by atoms with Crippen molar-refractivity contribution in [3.63, 3.8) is 0 Å². The summed E-state index contributed by atoms with van der Waals surface area (Å²) in [5.41, 5.74) is 7.90. The van der Waals surface area contributed by atoms with Gasteiger partial charge in [0.25, 0.3) is 0 Å². The molecule has 0 saturated heterocycles. The largest absolute Gasteiger partial charge is 0.323 e. The Kier molecular flexibility index (Phi) is 3.56. The maximum Gasteiger partial charge on any atom is 0.0406 e. The lowest BCUT2D eigenvalue weighted by Crippen LogP contribution is -2.33. The molecule has 1 aliphatic rings. The molecule has 1 saturated carbocycles. The van der Waals surface area contributed by atoms with Crippen LogP contribution in [-0.2, 0) is 0 Å². The van der Waals surface area contributed by atoms with Crippen LogP contribution in [0, 0.1) is 5.41 Å². The average molecular weight is 238 g/mol. The van der Waals surface area contributed by atoms with Crippen molar-refractivity contribution in [2.24, 2.45) is 11.1 Å². The van der Waals surface area contributed by atoms with Gasteiger partial charge in [0.05, 0.1) is 0 Å². The Labute approximate surface area is 103 Å². The number of hydrogen-bond acceptors (Lipinski definition) is 1. The zero-order valence-corrected chi connectivity index (χ0v) is 10.6. The van der Waals surface area contributed by atoms with Crippen LogP contribution in [0.5, 0.6) is 0 Å². The van der Waals surface area contributed by atoms with Gasteiger partial charge >= 0.3 is 0 Å². The summed E-state index contributed by atoms with van der Waals surface area (Å²) in [6.45, 7) is 2.32. The molecule has 0 heterocycles. The van der Waals surface area contributed by atoms with Crippen molar-refractivity contribution in [1.82, 2.24) is 0 Å². The molecule has 1 aromatic carbocycles. The first-order valence-corrected chi connectivity index (χ1v) is 6.51. The van der Waals surface area contributed by atoms with Crippen LogP contribution in [-0.4, -0.2) is 0 Å². The maximum absolute atomic E-state index is 6.41. The Balaban J connectivity index is 2.16. The summed E-state index contributed by atoms with van der Waals surface area (Å²) >= 11 is 5.90. The summed E-state index contributed by atoms with van der Waals surface area (Å²) in [5, 5.41) is 0.782. The molecule has 0 radical (unpaired) electrons. The Morgan fingerprint density at radius 2 is 1.69 bits per heavy atom. The van der Waals surface area contributed by atoms with Gasteiger partial charge in [0.2, 0.25) is 0 Å². The second-order valence-electron chi connectivity index (χ2n) is 5.24. The highest BCUT2D eigenvalue weighted by Crippen LogP contribution is 2.44. The summed E-state index contributed by atoms with van der Waals surface area (Å²) in [6.07, 6.45) is 6.49. The molecule has 2 N–H and O–H groups in total. The van der Waals surface area contributed by atoms with Gasteiger partial charge in [-0.05, 0) is 36.0 Å². The highest BCUT2D eigenvalue weighted by Gasteiger charge is 2.33. The number of rotatable bonds is 2. The van der Waals surface area contributed by atoms with Crippen molar-refractivity contribution in [2.45, 2.75) is 45.1 Å². The van der Waals surface area contributed by atoms with Crippen molar-refractivity contribution in [2.75, 3.05) is 0 Å². The van der Waals surface area contributed by atoms with Crippen molar-refractivity contribution >= 4 is 11.6 Å². The Hall–Kier alpha value is -0.530. The molecule has 1 atom stereocenters. The van der Waals surface area contributed by atoms with Gasteiger partial charge in [-0.15, -0.1) is 0 Å². The third kappa shape index (κ3) is 2.41. The van der Waals surface area contributed by atoms with Crippen LogP contribution in [0.15, 0.2) is 24.3 Å². The van der Waals surface area contributed by atoms with E-state index in [9.17, 15) is 0 Å². The SMILES string of the molecule is CC1(C(N)c2ccc(Cl)cc2)CCCCC1. The summed E-state index contributed by atoms with van der Waals surface area (Å²) in [5.74, 6) is 0. The second kappa shape index (κ2) is 4.77. The van der Waals surface area contributed by atoms with E-state index in [1.54, 1.807) is 0 Å². The van der Waals surface area contributed by atoms with Crippen LogP contribution in [0.25, 0.3) is 0 Å². The minimum atomic E-state index is 0.144.